The molecular formula is C19H28O6. The van der Waals surface area contributed by atoms with Crippen LogP contribution in [0.25, 0.3) is 0 Å². The molecule has 0 spiro atoms. The molecule has 1 saturated heterocycles. The maximum Gasteiger partial charge on any atom is 0.184 e. The van der Waals surface area contributed by atoms with Crippen molar-refractivity contribution in [2.24, 2.45) is 11.3 Å². The zero-order valence-corrected chi connectivity index (χ0v) is 15.0. The Morgan fingerprint density at radius 2 is 2.04 bits per heavy atom. The molecule has 0 bridgehead atoms. The van der Waals surface area contributed by atoms with Crippen molar-refractivity contribution < 1.29 is 28.9 Å². The fraction of sp³-hybridized carbons (Fsp3) is 0.789. The fourth-order valence-corrected chi connectivity index (χ4v) is 4.15. The summed E-state index contributed by atoms with van der Waals surface area (Å²) < 4.78 is 16.8. The number of carbonyl (C=O) groups is 2. The molecule has 3 rings (SSSR count). The first kappa shape index (κ1) is 18.7. The van der Waals surface area contributed by atoms with Gasteiger partial charge in [0.1, 0.15) is 11.9 Å². The number of ketones is 2. The van der Waals surface area contributed by atoms with E-state index in [-0.39, 0.29) is 24.1 Å². The quantitative estimate of drug-likeness (QED) is 0.752. The molecule has 3 aliphatic rings. The van der Waals surface area contributed by atoms with Gasteiger partial charge in [0.2, 0.25) is 0 Å². The second-order valence-electron chi connectivity index (χ2n) is 7.72. The zero-order valence-electron chi connectivity index (χ0n) is 15.0. The predicted molar refractivity (Wildman–Crippen MR) is 89.9 cm³/mol. The minimum atomic E-state index is -0.646. The van der Waals surface area contributed by atoms with Crippen molar-refractivity contribution in [1.82, 2.24) is 0 Å². The SMILES string of the molecule is CC1(CCCC(O)COC2C(=O)C=CC3(C)C(=O)CCC23)OCCO1. The van der Waals surface area contributed by atoms with Gasteiger partial charge in [0, 0.05) is 18.8 Å². The number of allylic oxidation sites excluding steroid dienone is 1. The topological polar surface area (TPSA) is 82.1 Å². The van der Waals surface area contributed by atoms with E-state index >= 15 is 0 Å². The van der Waals surface area contributed by atoms with Crippen LogP contribution < -0.4 is 0 Å². The van der Waals surface area contributed by atoms with Crippen LogP contribution in [0.1, 0.15) is 46.0 Å². The Hall–Kier alpha value is -1.08. The first-order valence-corrected chi connectivity index (χ1v) is 9.18. The normalized spacial score (nSPS) is 35.2. The summed E-state index contributed by atoms with van der Waals surface area (Å²) >= 11 is 0. The molecule has 0 amide bonds. The van der Waals surface area contributed by atoms with Gasteiger partial charge in [-0.3, -0.25) is 9.59 Å². The highest BCUT2D eigenvalue weighted by Gasteiger charge is 2.52. The molecule has 1 N–H and O–H groups in total. The summed E-state index contributed by atoms with van der Waals surface area (Å²) in [5.41, 5.74) is -0.602. The lowest BCUT2D eigenvalue weighted by atomic mass is 9.71. The van der Waals surface area contributed by atoms with Crippen LogP contribution >= 0.6 is 0 Å². The number of hydrogen-bond donors (Lipinski definition) is 1. The van der Waals surface area contributed by atoms with Crippen molar-refractivity contribution in [3.63, 3.8) is 0 Å². The lowest BCUT2D eigenvalue weighted by Crippen LogP contribution is -2.44. The monoisotopic (exact) mass is 352 g/mol. The van der Waals surface area contributed by atoms with E-state index < -0.39 is 23.4 Å². The highest BCUT2D eigenvalue weighted by molar-refractivity contribution is 6.00. The maximum absolute atomic E-state index is 12.2. The number of carbonyl (C=O) groups excluding carboxylic acids is 2. The van der Waals surface area contributed by atoms with Crippen LogP contribution in [0.4, 0.5) is 0 Å². The summed E-state index contributed by atoms with van der Waals surface area (Å²) in [5, 5.41) is 10.2. The van der Waals surface area contributed by atoms with Gasteiger partial charge in [0.15, 0.2) is 11.6 Å². The van der Waals surface area contributed by atoms with Gasteiger partial charge in [-0.05, 0) is 39.2 Å². The van der Waals surface area contributed by atoms with Gasteiger partial charge in [-0.15, -0.1) is 0 Å². The van der Waals surface area contributed by atoms with Gasteiger partial charge < -0.3 is 19.3 Å². The summed E-state index contributed by atoms with van der Waals surface area (Å²) in [6.07, 6.45) is 5.09. The van der Waals surface area contributed by atoms with Crippen LogP contribution in [0.15, 0.2) is 12.2 Å². The van der Waals surface area contributed by atoms with Gasteiger partial charge in [-0.25, -0.2) is 0 Å². The van der Waals surface area contributed by atoms with E-state index in [1.807, 2.05) is 13.8 Å². The molecule has 1 heterocycles. The average Bonchev–Trinajstić information content (AvgIpc) is 3.12. The smallest absolute Gasteiger partial charge is 0.184 e. The highest BCUT2D eigenvalue weighted by atomic mass is 16.7. The predicted octanol–water partition coefficient (Wildman–Crippen LogP) is 1.79. The molecule has 0 aromatic rings. The van der Waals surface area contributed by atoms with E-state index in [1.54, 1.807) is 6.08 Å². The molecule has 2 fully saturated rings. The van der Waals surface area contributed by atoms with Crippen LogP contribution in [0.3, 0.4) is 0 Å². The van der Waals surface area contributed by atoms with E-state index in [4.69, 9.17) is 14.2 Å². The molecule has 4 unspecified atom stereocenters. The van der Waals surface area contributed by atoms with E-state index in [9.17, 15) is 14.7 Å². The van der Waals surface area contributed by atoms with Gasteiger partial charge in [-0.1, -0.05) is 6.08 Å². The van der Waals surface area contributed by atoms with Crippen molar-refractivity contribution in [3.8, 4) is 0 Å². The second-order valence-corrected chi connectivity index (χ2v) is 7.72. The molecule has 2 aliphatic carbocycles. The first-order chi connectivity index (χ1) is 11.8. The summed E-state index contributed by atoms with van der Waals surface area (Å²) in [5.74, 6) is -0.606. The molecule has 6 heteroatoms. The standard InChI is InChI=1S/C19H28O6/c1-18-9-7-15(21)17(14(18)5-6-16(18)22)23-12-13(20)4-3-8-19(2)24-10-11-25-19/h7,9,13-14,17,20H,3-6,8,10-12H2,1-2H3. The Labute approximate surface area is 148 Å². The maximum atomic E-state index is 12.2. The lowest BCUT2D eigenvalue weighted by molar-refractivity contribution is -0.149. The van der Waals surface area contributed by atoms with E-state index in [0.717, 1.165) is 6.42 Å². The van der Waals surface area contributed by atoms with Crippen LogP contribution in [0, 0.1) is 11.3 Å². The zero-order chi connectivity index (χ0) is 18.1. The van der Waals surface area contributed by atoms with Crippen LogP contribution in [0.2, 0.25) is 0 Å². The number of ether oxygens (including phenoxy) is 3. The Kier molecular flexibility index (Phi) is 5.44. The Morgan fingerprint density at radius 1 is 1.32 bits per heavy atom. The molecule has 4 atom stereocenters. The van der Waals surface area contributed by atoms with Gasteiger partial charge in [0.05, 0.1) is 31.3 Å². The van der Waals surface area contributed by atoms with Crippen molar-refractivity contribution in [2.45, 2.75) is 63.9 Å². The van der Waals surface area contributed by atoms with Crippen LogP contribution in [0.5, 0.6) is 0 Å². The Bertz CT molecular complexity index is 550. The van der Waals surface area contributed by atoms with E-state index in [1.165, 1.54) is 6.08 Å². The number of aliphatic hydroxyl groups excluding tert-OH is 1. The highest BCUT2D eigenvalue weighted by Crippen LogP contribution is 2.46. The first-order valence-electron chi connectivity index (χ1n) is 9.18. The third kappa shape index (κ3) is 3.87. The van der Waals surface area contributed by atoms with Crippen LogP contribution in [-0.4, -0.2) is 54.5 Å². The largest absolute Gasteiger partial charge is 0.391 e. The lowest BCUT2D eigenvalue weighted by Gasteiger charge is -2.35. The van der Waals surface area contributed by atoms with Gasteiger partial charge in [0.25, 0.3) is 0 Å². The molecule has 0 aromatic carbocycles. The number of Topliss-reactive ketones (excluding diaryl/α,β-unsaturated/α-hetero) is 1. The summed E-state index contributed by atoms with van der Waals surface area (Å²) in [4.78, 5) is 24.3. The fourth-order valence-electron chi connectivity index (χ4n) is 4.15. The van der Waals surface area contributed by atoms with E-state index in [2.05, 4.69) is 0 Å². The van der Waals surface area contributed by atoms with Crippen molar-refractivity contribution in [1.29, 1.82) is 0 Å². The molecule has 0 aromatic heterocycles. The van der Waals surface area contributed by atoms with Crippen molar-refractivity contribution in [3.05, 3.63) is 12.2 Å². The molecule has 25 heavy (non-hydrogen) atoms. The minimum absolute atomic E-state index is 0.101. The number of hydrogen-bond acceptors (Lipinski definition) is 6. The molecular weight excluding hydrogens is 324 g/mol. The van der Waals surface area contributed by atoms with E-state index in [0.29, 0.717) is 38.9 Å². The Balaban J connectivity index is 1.46. The third-order valence-electron chi connectivity index (χ3n) is 5.83. The van der Waals surface area contributed by atoms with Crippen molar-refractivity contribution in [2.75, 3.05) is 19.8 Å². The van der Waals surface area contributed by atoms with Gasteiger partial charge in [-0.2, -0.15) is 0 Å². The Morgan fingerprint density at radius 3 is 2.76 bits per heavy atom. The number of rotatable bonds is 7. The van der Waals surface area contributed by atoms with Gasteiger partial charge >= 0.3 is 0 Å². The van der Waals surface area contributed by atoms with Crippen molar-refractivity contribution >= 4 is 11.6 Å². The number of fused-ring (bicyclic) bond motifs is 1. The average molecular weight is 352 g/mol. The molecule has 0 radical (unpaired) electrons. The molecule has 6 nitrogen and oxygen atoms in total. The minimum Gasteiger partial charge on any atom is -0.391 e. The number of aliphatic hydroxyl groups is 1. The van der Waals surface area contributed by atoms with Crippen LogP contribution in [-0.2, 0) is 23.8 Å². The second kappa shape index (κ2) is 7.27. The summed E-state index contributed by atoms with van der Waals surface area (Å²) in [7, 11) is 0. The molecule has 1 saturated carbocycles. The molecule has 140 valence electrons. The third-order valence-corrected chi connectivity index (χ3v) is 5.83. The summed E-state index contributed by atoms with van der Waals surface area (Å²) in [6, 6.07) is 0. The summed E-state index contributed by atoms with van der Waals surface area (Å²) in [6.45, 7) is 5.11. The molecule has 1 aliphatic heterocycles.